The van der Waals surface area contributed by atoms with Gasteiger partial charge in [-0.25, -0.2) is 4.98 Å². The lowest BCUT2D eigenvalue weighted by Crippen LogP contribution is -2.09. The van der Waals surface area contributed by atoms with Gasteiger partial charge < -0.3 is 14.6 Å². The molecule has 0 unspecified atom stereocenters. The van der Waals surface area contributed by atoms with Crippen molar-refractivity contribution in [2.75, 3.05) is 7.05 Å². The van der Waals surface area contributed by atoms with Gasteiger partial charge in [0.1, 0.15) is 12.4 Å². The molecule has 4 nitrogen and oxygen atoms in total. The molecule has 0 amide bonds. The average molecular weight is 294 g/mol. The van der Waals surface area contributed by atoms with Gasteiger partial charge in [-0.15, -0.1) is 0 Å². The van der Waals surface area contributed by atoms with Crippen molar-refractivity contribution < 1.29 is 4.74 Å². The van der Waals surface area contributed by atoms with Crippen LogP contribution in [0.1, 0.15) is 24.6 Å². The number of nitrogens with one attached hydrogen (secondary N) is 1. The Morgan fingerprint density at radius 3 is 3.00 bits per heavy atom. The number of hydrogen-bond donors (Lipinski definition) is 1. The number of ether oxygens (including phenoxy) is 1. The molecule has 0 aliphatic carbocycles. The molecule has 1 aromatic heterocycles. The van der Waals surface area contributed by atoms with Crippen molar-refractivity contribution in [3.63, 3.8) is 0 Å². The third-order valence-corrected chi connectivity index (χ3v) is 3.42. The third-order valence-electron chi connectivity index (χ3n) is 3.07. The van der Waals surface area contributed by atoms with E-state index in [2.05, 4.69) is 21.8 Å². The van der Waals surface area contributed by atoms with E-state index in [9.17, 15) is 0 Å². The smallest absolute Gasteiger partial charge is 0.130 e. The van der Waals surface area contributed by atoms with Crippen LogP contribution in [0.5, 0.6) is 5.75 Å². The summed E-state index contributed by atoms with van der Waals surface area (Å²) < 4.78 is 8.03. The molecule has 0 aliphatic heterocycles. The summed E-state index contributed by atoms with van der Waals surface area (Å²) in [5.74, 6) is 0.816. The molecule has 0 saturated heterocycles. The zero-order chi connectivity index (χ0) is 14.4. The normalized spacial score (nSPS) is 10.8. The number of benzene rings is 1. The van der Waals surface area contributed by atoms with E-state index in [4.69, 9.17) is 16.3 Å². The van der Waals surface area contributed by atoms with E-state index < -0.39 is 0 Å². The lowest BCUT2D eigenvalue weighted by atomic mass is 10.2. The molecule has 2 aromatic rings. The minimum Gasteiger partial charge on any atom is -0.487 e. The van der Waals surface area contributed by atoms with Gasteiger partial charge in [0.2, 0.25) is 0 Å². The fourth-order valence-electron chi connectivity index (χ4n) is 2.08. The van der Waals surface area contributed by atoms with Crippen LogP contribution in [-0.2, 0) is 19.7 Å². The summed E-state index contributed by atoms with van der Waals surface area (Å²) >= 11 is 6.21. The highest BCUT2D eigenvalue weighted by Crippen LogP contribution is 2.27. The number of aromatic nitrogens is 2. The van der Waals surface area contributed by atoms with Crippen LogP contribution in [0.2, 0.25) is 5.02 Å². The van der Waals surface area contributed by atoms with Crippen molar-refractivity contribution in [2.45, 2.75) is 33.0 Å². The molecule has 0 aliphatic rings. The summed E-state index contributed by atoms with van der Waals surface area (Å²) in [6.45, 7) is 4.28. The summed E-state index contributed by atoms with van der Waals surface area (Å²) in [6, 6.07) is 5.72. The van der Waals surface area contributed by atoms with Gasteiger partial charge in [-0.05, 0) is 25.6 Å². The number of nitrogens with zero attached hydrogens (tertiary/aromatic N) is 2. The summed E-state index contributed by atoms with van der Waals surface area (Å²) in [6.07, 6.45) is 4.76. The number of rotatable bonds is 7. The molecule has 108 valence electrons. The number of hydrogen-bond acceptors (Lipinski definition) is 3. The standard InChI is InChI=1S/C15H20ClN3O/c1-3-7-19-11-18-8-12(19)10-20-15-6-4-5-14(16)13(15)9-17-2/h4-6,8,11,17H,3,7,9-10H2,1-2H3. The Labute approximate surface area is 124 Å². The fourth-order valence-corrected chi connectivity index (χ4v) is 2.32. The first-order chi connectivity index (χ1) is 9.76. The average Bonchev–Trinajstić information content (AvgIpc) is 2.87. The van der Waals surface area contributed by atoms with Crippen LogP contribution in [-0.4, -0.2) is 16.6 Å². The summed E-state index contributed by atoms with van der Waals surface area (Å²) in [5.41, 5.74) is 2.06. The van der Waals surface area contributed by atoms with E-state index in [1.165, 1.54) is 0 Å². The second-order valence-electron chi connectivity index (χ2n) is 4.61. The second kappa shape index (κ2) is 7.31. The molecular weight excluding hydrogens is 274 g/mol. The van der Waals surface area contributed by atoms with E-state index in [1.807, 2.05) is 37.8 Å². The van der Waals surface area contributed by atoms with E-state index >= 15 is 0 Å². The molecule has 0 spiro atoms. The Morgan fingerprint density at radius 1 is 1.40 bits per heavy atom. The molecule has 0 bridgehead atoms. The maximum Gasteiger partial charge on any atom is 0.130 e. The highest BCUT2D eigenvalue weighted by molar-refractivity contribution is 6.31. The molecule has 1 aromatic carbocycles. The van der Waals surface area contributed by atoms with Crippen molar-refractivity contribution in [1.82, 2.24) is 14.9 Å². The summed E-state index contributed by atoms with van der Waals surface area (Å²) in [5, 5.41) is 3.83. The van der Waals surface area contributed by atoms with E-state index in [-0.39, 0.29) is 0 Å². The summed E-state index contributed by atoms with van der Waals surface area (Å²) in [4.78, 5) is 4.17. The first kappa shape index (κ1) is 14.9. The number of halogens is 1. The number of aryl methyl sites for hydroxylation is 1. The SMILES string of the molecule is CCCn1cncc1COc1cccc(Cl)c1CNC. The molecule has 0 atom stereocenters. The van der Waals surface area contributed by atoms with Gasteiger partial charge in [-0.3, -0.25) is 0 Å². The molecule has 2 rings (SSSR count). The van der Waals surface area contributed by atoms with Crippen LogP contribution in [0.4, 0.5) is 0 Å². The molecule has 20 heavy (non-hydrogen) atoms. The van der Waals surface area contributed by atoms with Gasteiger partial charge in [0.15, 0.2) is 0 Å². The largest absolute Gasteiger partial charge is 0.487 e. The second-order valence-corrected chi connectivity index (χ2v) is 5.02. The fraction of sp³-hybridized carbons (Fsp3) is 0.400. The lowest BCUT2D eigenvalue weighted by Gasteiger charge is -2.13. The van der Waals surface area contributed by atoms with Gasteiger partial charge >= 0.3 is 0 Å². The monoisotopic (exact) mass is 293 g/mol. The van der Waals surface area contributed by atoms with Gasteiger partial charge in [0, 0.05) is 23.7 Å². The Kier molecular flexibility index (Phi) is 5.44. The highest BCUT2D eigenvalue weighted by atomic mass is 35.5. The van der Waals surface area contributed by atoms with E-state index in [0.29, 0.717) is 13.2 Å². The molecule has 1 N–H and O–H groups in total. The van der Waals surface area contributed by atoms with Crippen molar-refractivity contribution in [1.29, 1.82) is 0 Å². The van der Waals surface area contributed by atoms with Crippen LogP contribution in [0.15, 0.2) is 30.7 Å². The van der Waals surface area contributed by atoms with Crippen LogP contribution < -0.4 is 10.1 Å². The van der Waals surface area contributed by atoms with Crippen LogP contribution >= 0.6 is 11.6 Å². The van der Waals surface area contributed by atoms with Gasteiger partial charge in [-0.1, -0.05) is 24.6 Å². The van der Waals surface area contributed by atoms with Crippen molar-refractivity contribution in [3.05, 3.63) is 47.0 Å². The predicted octanol–water partition coefficient (Wildman–Crippen LogP) is 3.24. The number of imidazole rings is 1. The topological polar surface area (TPSA) is 39.1 Å². The predicted molar refractivity (Wildman–Crippen MR) is 81.1 cm³/mol. The Morgan fingerprint density at radius 2 is 2.25 bits per heavy atom. The van der Waals surface area contributed by atoms with E-state index in [0.717, 1.165) is 35.0 Å². The first-order valence-corrected chi connectivity index (χ1v) is 7.17. The van der Waals surface area contributed by atoms with E-state index in [1.54, 1.807) is 0 Å². The molecule has 1 heterocycles. The quantitative estimate of drug-likeness (QED) is 0.852. The minimum atomic E-state index is 0.497. The van der Waals surface area contributed by atoms with Crippen LogP contribution in [0.3, 0.4) is 0 Å². The molecular formula is C15H20ClN3O. The first-order valence-electron chi connectivity index (χ1n) is 6.80. The molecule has 0 saturated carbocycles. The Hall–Kier alpha value is -1.52. The highest BCUT2D eigenvalue weighted by Gasteiger charge is 2.09. The van der Waals surface area contributed by atoms with Gasteiger partial charge in [0.05, 0.1) is 18.2 Å². The molecule has 0 radical (unpaired) electrons. The maximum absolute atomic E-state index is 6.21. The van der Waals surface area contributed by atoms with Crippen molar-refractivity contribution in [3.8, 4) is 5.75 Å². The maximum atomic E-state index is 6.21. The van der Waals surface area contributed by atoms with Crippen LogP contribution in [0, 0.1) is 0 Å². The van der Waals surface area contributed by atoms with Crippen molar-refractivity contribution in [2.24, 2.45) is 0 Å². The zero-order valence-electron chi connectivity index (χ0n) is 11.9. The third kappa shape index (κ3) is 3.52. The molecule has 5 heteroatoms. The molecule has 0 fully saturated rings. The Balaban J connectivity index is 2.10. The van der Waals surface area contributed by atoms with Crippen molar-refractivity contribution >= 4 is 11.6 Å². The lowest BCUT2D eigenvalue weighted by molar-refractivity contribution is 0.291. The Bertz CT molecular complexity index is 554. The zero-order valence-corrected chi connectivity index (χ0v) is 12.7. The minimum absolute atomic E-state index is 0.497. The van der Waals surface area contributed by atoms with Gasteiger partial charge in [0.25, 0.3) is 0 Å². The van der Waals surface area contributed by atoms with Crippen LogP contribution in [0.25, 0.3) is 0 Å². The van der Waals surface area contributed by atoms with Gasteiger partial charge in [-0.2, -0.15) is 0 Å². The summed E-state index contributed by atoms with van der Waals surface area (Å²) in [7, 11) is 1.89.